The molecule has 0 saturated carbocycles. The van der Waals surface area contributed by atoms with Gasteiger partial charge in [-0.3, -0.25) is 4.90 Å². The standard InChI is InChI=1S/C26H22ClFN4O2S/c27-22-14-20(6-7-24(22)34-16-18-3-1-4-19(28)13-18)31-26-25-23(29-17-30-26)15-21(35-25)5-2-8-32-9-11-33-12-10-32/h1,3-4,6-7,13-15,17H,8-12,16H2,(H,29,30,31). The van der Waals surface area contributed by atoms with Crippen molar-refractivity contribution in [1.29, 1.82) is 0 Å². The van der Waals surface area contributed by atoms with Gasteiger partial charge in [0.15, 0.2) is 5.82 Å². The van der Waals surface area contributed by atoms with E-state index in [1.807, 2.05) is 12.1 Å². The van der Waals surface area contributed by atoms with Gasteiger partial charge in [0, 0.05) is 18.8 Å². The Morgan fingerprint density at radius 1 is 1.14 bits per heavy atom. The molecule has 178 valence electrons. The minimum atomic E-state index is -0.298. The number of nitrogens with zero attached hydrogens (tertiary/aromatic N) is 3. The van der Waals surface area contributed by atoms with Crippen molar-refractivity contribution < 1.29 is 13.9 Å². The topological polar surface area (TPSA) is 59.5 Å². The Kier molecular flexibility index (Phi) is 7.40. The number of anilines is 2. The predicted octanol–water partition coefficient (Wildman–Crippen LogP) is 5.49. The van der Waals surface area contributed by atoms with Crippen LogP contribution < -0.4 is 10.1 Å². The lowest BCUT2D eigenvalue weighted by Crippen LogP contribution is -2.36. The Labute approximate surface area is 211 Å². The first-order valence-corrected chi connectivity index (χ1v) is 12.3. The van der Waals surface area contributed by atoms with Crippen molar-refractivity contribution in [2.24, 2.45) is 0 Å². The fraction of sp³-hybridized carbons (Fsp3) is 0.231. The fourth-order valence-corrected chi connectivity index (χ4v) is 4.79. The molecule has 0 atom stereocenters. The lowest BCUT2D eigenvalue weighted by Gasteiger charge is -2.24. The third-order valence-electron chi connectivity index (χ3n) is 5.41. The van der Waals surface area contributed by atoms with Crippen molar-refractivity contribution in [3.63, 3.8) is 0 Å². The van der Waals surface area contributed by atoms with Crippen LogP contribution in [-0.2, 0) is 11.3 Å². The molecule has 4 aromatic rings. The van der Waals surface area contributed by atoms with Crippen LogP contribution >= 0.6 is 22.9 Å². The van der Waals surface area contributed by atoms with Crippen LogP contribution in [0.2, 0.25) is 5.02 Å². The van der Waals surface area contributed by atoms with E-state index in [2.05, 4.69) is 32.0 Å². The van der Waals surface area contributed by atoms with Gasteiger partial charge in [-0.25, -0.2) is 14.4 Å². The Bertz CT molecular complexity index is 1400. The number of fused-ring (bicyclic) bond motifs is 1. The quantitative estimate of drug-likeness (QED) is 0.347. The van der Waals surface area contributed by atoms with Crippen LogP contribution in [0.15, 0.2) is 54.9 Å². The first-order chi connectivity index (χ1) is 17.1. The number of halogens is 2. The molecule has 1 N–H and O–H groups in total. The minimum Gasteiger partial charge on any atom is -0.487 e. The summed E-state index contributed by atoms with van der Waals surface area (Å²) in [6, 6.07) is 13.7. The van der Waals surface area contributed by atoms with Crippen molar-refractivity contribution in [1.82, 2.24) is 14.9 Å². The molecule has 1 fully saturated rings. The van der Waals surface area contributed by atoms with E-state index < -0.39 is 0 Å². The van der Waals surface area contributed by atoms with Gasteiger partial charge in [-0.1, -0.05) is 35.6 Å². The van der Waals surface area contributed by atoms with E-state index in [1.54, 1.807) is 35.6 Å². The Morgan fingerprint density at radius 2 is 2.03 bits per heavy atom. The van der Waals surface area contributed by atoms with Crippen molar-refractivity contribution in [2.45, 2.75) is 6.61 Å². The maximum atomic E-state index is 13.4. The molecule has 0 radical (unpaired) electrons. The molecule has 0 bridgehead atoms. The zero-order valence-electron chi connectivity index (χ0n) is 18.8. The van der Waals surface area contributed by atoms with Gasteiger partial charge in [0.1, 0.15) is 24.5 Å². The molecule has 2 aromatic heterocycles. The van der Waals surface area contributed by atoms with Gasteiger partial charge < -0.3 is 14.8 Å². The summed E-state index contributed by atoms with van der Waals surface area (Å²) in [6.07, 6.45) is 1.53. The smallest absolute Gasteiger partial charge is 0.151 e. The summed E-state index contributed by atoms with van der Waals surface area (Å²) >= 11 is 7.99. The molecule has 1 aliphatic rings. The molecule has 2 aromatic carbocycles. The summed E-state index contributed by atoms with van der Waals surface area (Å²) in [5.74, 6) is 7.41. The lowest BCUT2D eigenvalue weighted by molar-refractivity contribution is 0.0443. The number of rotatable bonds is 6. The number of benzene rings is 2. The van der Waals surface area contributed by atoms with Crippen LogP contribution in [0.4, 0.5) is 15.9 Å². The number of thiophene rings is 1. The first kappa shape index (κ1) is 23.5. The highest BCUT2D eigenvalue weighted by atomic mass is 35.5. The van der Waals surface area contributed by atoms with Crippen molar-refractivity contribution in [3.05, 3.63) is 76.1 Å². The second-order valence-electron chi connectivity index (χ2n) is 7.93. The van der Waals surface area contributed by atoms with Crippen LogP contribution in [-0.4, -0.2) is 47.7 Å². The van der Waals surface area contributed by atoms with E-state index in [9.17, 15) is 4.39 Å². The monoisotopic (exact) mass is 508 g/mol. The van der Waals surface area contributed by atoms with Gasteiger partial charge in [-0.15, -0.1) is 11.3 Å². The summed E-state index contributed by atoms with van der Waals surface area (Å²) < 4.78 is 25.4. The van der Waals surface area contributed by atoms with E-state index >= 15 is 0 Å². The molecule has 1 aliphatic heterocycles. The van der Waals surface area contributed by atoms with Gasteiger partial charge in [0.2, 0.25) is 0 Å². The van der Waals surface area contributed by atoms with Crippen LogP contribution in [0.1, 0.15) is 10.4 Å². The molecule has 1 saturated heterocycles. The number of ether oxygens (including phenoxy) is 2. The summed E-state index contributed by atoms with van der Waals surface area (Å²) in [7, 11) is 0. The van der Waals surface area contributed by atoms with Crippen LogP contribution in [0.5, 0.6) is 5.75 Å². The largest absolute Gasteiger partial charge is 0.487 e. The highest BCUT2D eigenvalue weighted by Gasteiger charge is 2.11. The maximum absolute atomic E-state index is 13.4. The van der Waals surface area contributed by atoms with Gasteiger partial charge in [-0.05, 0) is 42.0 Å². The Balaban J connectivity index is 1.27. The molecule has 3 heterocycles. The second-order valence-corrected chi connectivity index (χ2v) is 9.39. The molecule has 0 spiro atoms. The van der Waals surface area contributed by atoms with Gasteiger partial charge in [-0.2, -0.15) is 0 Å². The van der Waals surface area contributed by atoms with Crippen LogP contribution in [0.3, 0.4) is 0 Å². The average Bonchev–Trinajstić information content (AvgIpc) is 3.28. The van der Waals surface area contributed by atoms with E-state index in [-0.39, 0.29) is 12.4 Å². The highest BCUT2D eigenvalue weighted by molar-refractivity contribution is 7.20. The molecule has 0 unspecified atom stereocenters. The maximum Gasteiger partial charge on any atom is 0.151 e. The molecule has 0 amide bonds. The number of hydrogen-bond acceptors (Lipinski definition) is 7. The van der Waals surface area contributed by atoms with Crippen LogP contribution in [0.25, 0.3) is 10.2 Å². The number of nitrogens with one attached hydrogen (secondary N) is 1. The van der Waals surface area contributed by atoms with Gasteiger partial charge in [0.25, 0.3) is 0 Å². The summed E-state index contributed by atoms with van der Waals surface area (Å²) in [5, 5.41) is 3.76. The highest BCUT2D eigenvalue weighted by Crippen LogP contribution is 2.33. The van der Waals surface area contributed by atoms with E-state index in [0.717, 1.165) is 59.2 Å². The Morgan fingerprint density at radius 3 is 2.86 bits per heavy atom. The van der Waals surface area contributed by atoms with Crippen LogP contribution in [0, 0.1) is 17.7 Å². The molecular weight excluding hydrogens is 487 g/mol. The third kappa shape index (κ3) is 6.08. The van der Waals surface area contributed by atoms with E-state index in [4.69, 9.17) is 21.1 Å². The molecular formula is C26H22ClFN4O2S. The second kappa shape index (κ2) is 11.0. The number of hydrogen-bond donors (Lipinski definition) is 1. The molecule has 0 aliphatic carbocycles. The fourth-order valence-electron chi connectivity index (χ4n) is 3.62. The molecule has 35 heavy (non-hydrogen) atoms. The lowest BCUT2D eigenvalue weighted by atomic mass is 10.2. The molecule has 9 heteroatoms. The summed E-state index contributed by atoms with van der Waals surface area (Å²) in [4.78, 5) is 12.0. The van der Waals surface area contributed by atoms with E-state index in [0.29, 0.717) is 16.6 Å². The van der Waals surface area contributed by atoms with Gasteiger partial charge >= 0.3 is 0 Å². The first-order valence-electron chi connectivity index (χ1n) is 11.1. The van der Waals surface area contributed by atoms with Crippen molar-refractivity contribution in [2.75, 3.05) is 38.2 Å². The summed E-state index contributed by atoms with van der Waals surface area (Å²) in [5.41, 5.74) is 2.33. The normalized spacial score (nSPS) is 13.9. The predicted molar refractivity (Wildman–Crippen MR) is 137 cm³/mol. The molecule has 5 rings (SSSR count). The third-order valence-corrected chi connectivity index (χ3v) is 6.75. The SMILES string of the molecule is Fc1cccc(COc2ccc(Nc3ncnc4cc(C#CCN5CCOCC5)sc34)cc2Cl)c1. The van der Waals surface area contributed by atoms with Crippen molar-refractivity contribution >= 4 is 44.7 Å². The average molecular weight is 509 g/mol. The van der Waals surface area contributed by atoms with Gasteiger partial charge in [0.05, 0.1) is 39.9 Å². The van der Waals surface area contributed by atoms with E-state index in [1.165, 1.54) is 18.5 Å². The zero-order valence-corrected chi connectivity index (χ0v) is 20.3. The number of aromatic nitrogens is 2. The zero-order chi connectivity index (χ0) is 24.0. The van der Waals surface area contributed by atoms with Crippen molar-refractivity contribution in [3.8, 4) is 17.6 Å². The minimum absolute atomic E-state index is 0.224. The Hall–Kier alpha value is -3.22. The number of morpholine rings is 1. The molecule has 6 nitrogen and oxygen atoms in total. The summed E-state index contributed by atoms with van der Waals surface area (Å²) in [6.45, 7) is 4.30.